The van der Waals surface area contributed by atoms with E-state index >= 15 is 0 Å². The molecule has 4 N–H and O–H groups in total. The van der Waals surface area contributed by atoms with Gasteiger partial charge in [0.2, 0.25) is 0 Å². The third-order valence-corrected chi connectivity index (χ3v) is 5.01. The molecular weight excluding hydrogens is 452 g/mol. The molecule has 0 radical (unpaired) electrons. The van der Waals surface area contributed by atoms with Crippen LogP contribution in [-0.2, 0) is 14.3 Å². The molecule has 0 saturated heterocycles. The monoisotopic (exact) mass is 480 g/mol. The molecule has 2 atom stereocenters. The second-order valence-electron chi connectivity index (χ2n) is 7.38. The minimum Gasteiger partial charge on any atom is -0.491 e. The van der Waals surface area contributed by atoms with Gasteiger partial charge in [-0.15, -0.1) is 0 Å². The number of fused-ring (bicyclic) bond motifs is 1. The van der Waals surface area contributed by atoms with Crippen LogP contribution >= 0.6 is 0 Å². The van der Waals surface area contributed by atoms with Gasteiger partial charge in [0.15, 0.2) is 6.10 Å². The number of nitrogens with one attached hydrogen (secondary N) is 2. The maximum Gasteiger partial charge on any atom is 0.412 e. The van der Waals surface area contributed by atoms with Crippen LogP contribution in [0.1, 0.15) is 18.6 Å². The summed E-state index contributed by atoms with van der Waals surface area (Å²) in [6.45, 7) is 1.97. The zero-order valence-corrected chi connectivity index (χ0v) is 19.2. The summed E-state index contributed by atoms with van der Waals surface area (Å²) in [7, 11) is 0. The molecule has 0 unspecified atom stereocenters. The zero-order valence-electron chi connectivity index (χ0n) is 19.2. The first kappa shape index (κ1) is 25.7. The van der Waals surface area contributed by atoms with Crippen molar-refractivity contribution < 1.29 is 34.1 Å². The van der Waals surface area contributed by atoms with Gasteiger partial charge in [-0.3, -0.25) is 15.3 Å². The lowest BCUT2D eigenvalue weighted by Gasteiger charge is -2.26. The van der Waals surface area contributed by atoms with E-state index in [1.54, 1.807) is 37.3 Å². The van der Waals surface area contributed by atoms with Gasteiger partial charge in [0.25, 0.3) is 5.91 Å². The highest BCUT2D eigenvalue weighted by Gasteiger charge is 2.27. The van der Waals surface area contributed by atoms with Crippen LogP contribution in [0, 0.1) is 0 Å². The molecule has 2 amide bonds. The highest BCUT2D eigenvalue weighted by molar-refractivity contribution is 6.00. The third-order valence-electron chi connectivity index (χ3n) is 5.01. The molecule has 184 valence electrons. The second-order valence-corrected chi connectivity index (χ2v) is 7.38. The molecule has 3 aromatic carbocycles. The number of benzene rings is 3. The van der Waals surface area contributed by atoms with Crippen molar-refractivity contribution >= 4 is 28.5 Å². The Labute approximate surface area is 202 Å². The van der Waals surface area contributed by atoms with E-state index in [1.165, 1.54) is 11.6 Å². The Balaban J connectivity index is 1.91. The van der Waals surface area contributed by atoms with Crippen LogP contribution in [0.5, 0.6) is 5.75 Å². The Bertz CT molecular complexity index is 1160. The largest absolute Gasteiger partial charge is 0.491 e. The molecule has 35 heavy (non-hydrogen) atoms. The van der Waals surface area contributed by atoms with Crippen LogP contribution in [0.15, 0.2) is 78.9 Å². The summed E-state index contributed by atoms with van der Waals surface area (Å²) in [6.07, 6.45) is -0.0656. The number of ether oxygens (including phenoxy) is 3. The van der Waals surface area contributed by atoms with E-state index in [0.717, 1.165) is 16.8 Å². The van der Waals surface area contributed by atoms with Crippen molar-refractivity contribution in [3.05, 3.63) is 84.4 Å². The topological polar surface area (TPSA) is 126 Å². The molecule has 0 aliphatic heterocycles. The predicted octanol–water partition coefficient (Wildman–Crippen LogP) is 3.97. The standard InChI is InChI=1S/C26H28N2O7/c1-2-33-23(13-14-24(30)28-32)25(19-9-5-10-20(17-19)34-16-15-29)35-26(31)27-22-12-6-8-18-7-3-4-11-21(18)22/h3-14,17,23,25,29,32H,2,15-16H2,1H3,(H,27,31)(H,28,30)/b14-13+/t23-,25-/m1/s1. The lowest BCUT2D eigenvalue weighted by molar-refractivity contribution is -0.124. The molecule has 9 heteroatoms. The zero-order chi connectivity index (χ0) is 25.0. The fourth-order valence-corrected chi connectivity index (χ4v) is 3.51. The summed E-state index contributed by atoms with van der Waals surface area (Å²) < 4.78 is 17.1. The highest BCUT2D eigenvalue weighted by atomic mass is 16.6. The molecule has 9 nitrogen and oxygen atoms in total. The van der Waals surface area contributed by atoms with Crippen molar-refractivity contribution in [2.24, 2.45) is 0 Å². The number of amides is 2. The number of aliphatic hydroxyl groups is 1. The van der Waals surface area contributed by atoms with Crippen molar-refractivity contribution in [1.29, 1.82) is 0 Å². The molecular formula is C26H28N2O7. The van der Waals surface area contributed by atoms with Crippen molar-refractivity contribution in [2.75, 3.05) is 25.1 Å². The van der Waals surface area contributed by atoms with Crippen LogP contribution in [0.3, 0.4) is 0 Å². The minimum atomic E-state index is -0.967. The van der Waals surface area contributed by atoms with Gasteiger partial charge in [-0.2, -0.15) is 0 Å². The molecule has 0 aliphatic rings. The van der Waals surface area contributed by atoms with Crippen LogP contribution in [0.25, 0.3) is 10.8 Å². The van der Waals surface area contributed by atoms with Crippen LogP contribution in [0.4, 0.5) is 10.5 Å². The first-order chi connectivity index (χ1) is 17.0. The van der Waals surface area contributed by atoms with Gasteiger partial charge in [-0.05, 0) is 42.1 Å². The molecule has 0 saturated carbocycles. The van der Waals surface area contributed by atoms with Gasteiger partial charge in [0.05, 0.1) is 12.3 Å². The van der Waals surface area contributed by atoms with Crippen molar-refractivity contribution in [2.45, 2.75) is 19.1 Å². The van der Waals surface area contributed by atoms with Crippen LogP contribution < -0.4 is 15.5 Å². The van der Waals surface area contributed by atoms with Gasteiger partial charge in [-0.1, -0.05) is 48.5 Å². The number of hydroxylamine groups is 1. The molecule has 0 bridgehead atoms. The Hall–Kier alpha value is -3.92. The second kappa shape index (κ2) is 13.1. The number of rotatable bonds is 11. The maximum atomic E-state index is 13.0. The fourth-order valence-electron chi connectivity index (χ4n) is 3.51. The molecule has 0 spiro atoms. The third kappa shape index (κ3) is 7.28. The Kier molecular flexibility index (Phi) is 9.61. The summed E-state index contributed by atoms with van der Waals surface area (Å²) in [4.78, 5) is 24.6. The molecule has 3 aromatic rings. The average molecular weight is 481 g/mol. The van der Waals surface area contributed by atoms with E-state index in [-0.39, 0.29) is 19.8 Å². The molecule has 0 aliphatic carbocycles. The number of hydrogen-bond donors (Lipinski definition) is 4. The first-order valence-corrected chi connectivity index (χ1v) is 11.1. The normalized spacial score (nSPS) is 12.8. The number of aliphatic hydroxyl groups excluding tert-OH is 1. The number of hydrogen-bond acceptors (Lipinski definition) is 7. The summed E-state index contributed by atoms with van der Waals surface area (Å²) in [5, 5.41) is 22.5. The number of carbonyl (C=O) groups excluding carboxylic acids is 2. The van der Waals surface area contributed by atoms with Gasteiger partial charge in [0.1, 0.15) is 18.5 Å². The van der Waals surface area contributed by atoms with E-state index in [0.29, 0.717) is 17.0 Å². The maximum absolute atomic E-state index is 13.0. The molecule has 0 heterocycles. The van der Waals surface area contributed by atoms with Crippen molar-refractivity contribution in [1.82, 2.24) is 5.48 Å². The Morgan fingerprint density at radius 3 is 2.60 bits per heavy atom. The molecule has 0 aromatic heterocycles. The predicted molar refractivity (Wildman–Crippen MR) is 130 cm³/mol. The van der Waals surface area contributed by atoms with Gasteiger partial charge >= 0.3 is 6.09 Å². The van der Waals surface area contributed by atoms with Crippen molar-refractivity contribution in [3.63, 3.8) is 0 Å². The Morgan fingerprint density at radius 1 is 1.06 bits per heavy atom. The smallest absolute Gasteiger partial charge is 0.412 e. The first-order valence-electron chi connectivity index (χ1n) is 11.1. The van der Waals surface area contributed by atoms with E-state index in [2.05, 4.69) is 5.32 Å². The Morgan fingerprint density at radius 2 is 1.83 bits per heavy atom. The summed E-state index contributed by atoms with van der Waals surface area (Å²) in [5.74, 6) is -0.291. The number of carbonyl (C=O) groups is 2. The summed E-state index contributed by atoms with van der Waals surface area (Å²) in [6, 6.07) is 20.0. The van der Waals surface area contributed by atoms with E-state index in [1.807, 2.05) is 36.4 Å². The summed E-state index contributed by atoms with van der Waals surface area (Å²) in [5.41, 5.74) is 2.64. The van der Waals surface area contributed by atoms with Crippen LogP contribution in [0.2, 0.25) is 0 Å². The lowest BCUT2D eigenvalue weighted by atomic mass is 10.0. The van der Waals surface area contributed by atoms with Crippen molar-refractivity contribution in [3.8, 4) is 5.75 Å². The van der Waals surface area contributed by atoms with E-state index < -0.39 is 24.2 Å². The van der Waals surface area contributed by atoms with Gasteiger partial charge in [-0.25, -0.2) is 10.3 Å². The number of anilines is 1. The molecule has 0 fully saturated rings. The van der Waals surface area contributed by atoms with Gasteiger partial charge in [0, 0.05) is 18.1 Å². The van der Waals surface area contributed by atoms with Crippen LogP contribution in [-0.4, -0.2) is 48.2 Å². The minimum absolute atomic E-state index is 0.0992. The van der Waals surface area contributed by atoms with E-state index in [9.17, 15) is 9.59 Å². The fraction of sp³-hybridized carbons (Fsp3) is 0.231. The van der Waals surface area contributed by atoms with Gasteiger partial charge < -0.3 is 19.3 Å². The summed E-state index contributed by atoms with van der Waals surface area (Å²) >= 11 is 0. The molecule has 3 rings (SSSR count). The van der Waals surface area contributed by atoms with E-state index in [4.69, 9.17) is 24.5 Å². The SMILES string of the molecule is CCO[C@H](/C=C/C(=O)NO)[C@H](OC(=O)Nc1cccc2ccccc12)c1cccc(OCCO)c1. The average Bonchev–Trinajstić information content (AvgIpc) is 2.88. The lowest BCUT2D eigenvalue weighted by Crippen LogP contribution is -2.28. The highest BCUT2D eigenvalue weighted by Crippen LogP contribution is 2.29. The quantitative estimate of drug-likeness (QED) is 0.186.